The quantitative estimate of drug-likeness (QED) is 0.491. The maximum atomic E-state index is 8.70. The summed E-state index contributed by atoms with van der Waals surface area (Å²) >= 11 is 0. The van der Waals surface area contributed by atoms with Gasteiger partial charge in [0, 0.05) is 18.2 Å². The van der Waals surface area contributed by atoms with Crippen molar-refractivity contribution >= 4 is 5.71 Å². The fourth-order valence-corrected chi connectivity index (χ4v) is 1.94. The van der Waals surface area contributed by atoms with E-state index in [0.29, 0.717) is 17.8 Å². The minimum absolute atomic E-state index is 0.303. The number of hydrogen-bond acceptors (Lipinski definition) is 2. The number of nitrogens with zero attached hydrogens (tertiary/aromatic N) is 2. The van der Waals surface area contributed by atoms with Crippen LogP contribution in [-0.2, 0) is 0 Å². The van der Waals surface area contributed by atoms with Crippen molar-refractivity contribution in [2.45, 2.75) is 13.3 Å². The Bertz CT molecular complexity index is 224. The fourth-order valence-electron chi connectivity index (χ4n) is 1.94. The summed E-state index contributed by atoms with van der Waals surface area (Å²) in [4.78, 5) is 4.32. The summed E-state index contributed by atoms with van der Waals surface area (Å²) in [5.74, 6) is 1.42. The first-order valence-corrected chi connectivity index (χ1v) is 3.73. The molecular formula is C8H10N2. The van der Waals surface area contributed by atoms with Gasteiger partial charge in [0.2, 0.25) is 0 Å². The number of rotatable bonds is 0. The van der Waals surface area contributed by atoms with Gasteiger partial charge in [0.05, 0.1) is 12.0 Å². The highest BCUT2D eigenvalue weighted by atomic mass is 14.8. The Morgan fingerprint density at radius 1 is 1.70 bits per heavy atom. The van der Waals surface area contributed by atoms with Crippen molar-refractivity contribution in [3.05, 3.63) is 0 Å². The Labute approximate surface area is 60.6 Å². The van der Waals surface area contributed by atoms with Crippen LogP contribution in [0.3, 0.4) is 0 Å². The van der Waals surface area contributed by atoms with Crippen LogP contribution >= 0.6 is 0 Å². The van der Waals surface area contributed by atoms with E-state index in [1.54, 1.807) is 0 Å². The van der Waals surface area contributed by atoms with E-state index < -0.39 is 0 Å². The molecule has 2 unspecified atom stereocenters. The molecule has 0 aromatic rings. The molecule has 2 heterocycles. The molecule has 3 rings (SSSR count). The minimum Gasteiger partial charge on any atom is -0.294 e. The molecule has 10 heavy (non-hydrogen) atoms. The molecule has 52 valence electrons. The Morgan fingerprint density at radius 2 is 2.50 bits per heavy atom. The topological polar surface area (TPSA) is 36.1 Å². The predicted octanol–water partition coefficient (Wildman–Crippen LogP) is 1.24. The van der Waals surface area contributed by atoms with E-state index in [2.05, 4.69) is 11.1 Å². The van der Waals surface area contributed by atoms with Gasteiger partial charge in [-0.25, -0.2) is 0 Å². The van der Waals surface area contributed by atoms with Crippen LogP contribution in [0, 0.1) is 29.1 Å². The SMILES string of the molecule is CC1=NCC2C[C@@H]1C2C#N. The van der Waals surface area contributed by atoms with Crippen molar-refractivity contribution in [3.8, 4) is 6.07 Å². The van der Waals surface area contributed by atoms with E-state index in [-0.39, 0.29) is 0 Å². The van der Waals surface area contributed by atoms with Gasteiger partial charge in [0.25, 0.3) is 0 Å². The maximum absolute atomic E-state index is 8.70. The molecule has 2 nitrogen and oxygen atoms in total. The Hall–Kier alpha value is -0.840. The highest BCUT2D eigenvalue weighted by Gasteiger charge is 2.45. The first-order valence-electron chi connectivity index (χ1n) is 3.73. The normalized spacial score (nSPS) is 43.2. The van der Waals surface area contributed by atoms with Crippen molar-refractivity contribution in [2.24, 2.45) is 22.7 Å². The van der Waals surface area contributed by atoms with Gasteiger partial charge >= 0.3 is 0 Å². The lowest BCUT2D eigenvalue weighted by atomic mass is 9.62. The summed E-state index contributed by atoms with van der Waals surface area (Å²) in [5, 5.41) is 8.70. The molecule has 0 radical (unpaired) electrons. The molecule has 2 heteroatoms. The van der Waals surface area contributed by atoms with E-state index in [9.17, 15) is 0 Å². The summed E-state index contributed by atoms with van der Waals surface area (Å²) < 4.78 is 0. The van der Waals surface area contributed by atoms with E-state index in [4.69, 9.17) is 5.26 Å². The van der Waals surface area contributed by atoms with Crippen molar-refractivity contribution in [2.75, 3.05) is 6.54 Å². The molecule has 2 aliphatic heterocycles. The second-order valence-corrected chi connectivity index (χ2v) is 3.24. The molecule has 1 saturated carbocycles. The summed E-state index contributed by atoms with van der Waals surface area (Å²) in [6.45, 7) is 2.95. The van der Waals surface area contributed by atoms with Crippen LogP contribution < -0.4 is 0 Å². The third kappa shape index (κ3) is 0.553. The van der Waals surface area contributed by atoms with Crippen LogP contribution in [-0.4, -0.2) is 12.3 Å². The van der Waals surface area contributed by atoms with E-state index in [1.807, 2.05) is 6.92 Å². The number of aliphatic imine (C=N–C) groups is 1. The average Bonchev–Trinajstić information content (AvgIpc) is 1.87. The summed E-state index contributed by atoms with van der Waals surface area (Å²) in [5.41, 5.74) is 1.20. The molecule has 1 fully saturated rings. The van der Waals surface area contributed by atoms with Gasteiger partial charge in [0.1, 0.15) is 0 Å². The molecule has 0 saturated heterocycles. The zero-order chi connectivity index (χ0) is 7.14. The molecule has 2 bridgehead atoms. The van der Waals surface area contributed by atoms with E-state index in [0.717, 1.165) is 6.54 Å². The van der Waals surface area contributed by atoms with Crippen LogP contribution in [0.15, 0.2) is 4.99 Å². The Balaban J connectivity index is 2.23. The molecule has 1 aliphatic carbocycles. The molecular weight excluding hydrogens is 124 g/mol. The highest BCUT2D eigenvalue weighted by Crippen LogP contribution is 2.44. The number of hydrogen-bond donors (Lipinski definition) is 0. The zero-order valence-corrected chi connectivity index (χ0v) is 6.04. The number of nitriles is 1. The largest absolute Gasteiger partial charge is 0.294 e. The average molecular weight is 134 g/mol. The van der Waals surface area contributed by atoms with Gasteiger partial charge in [-0.1, -0.05) is 0 Å². The van der Waals surface area contributed by atoms with Gasteiger partial charge in [-0.15, -0.1) is 0 Å². The van der Waals surface area contributed by atoms with Gasteiger partial charge in [0.15, 0.2) is 0 Å². The molecule has 0 spiro atoms. The van der Waals surface area contributed by atoms with Crippen molar-refractivity contribution < 1.29 is 0 Å². The second-order valence-electron chi connectivity index (χ2n) is 3.24. The molecule has 0 N–H and O–H groups in total. The molecule has 3 atom stereocenters. The first-order chi connectivity index (χ1) is 4.83. The summed E-state index contributed by atoms with van der Waals surface area (Å²) in [7, 11) is 0. The van der Waals surface area contributed by atoms with Gasteiger partial charge in [-0.2, -0.15) is 5.26 Å². The fraction of sp³-hybridized carbons (Fsp3) is 0.750. The monoisotopic (exact) mass is 134 g/mol. The van der Waals surface area contributed by atoms with Crippen molar-refractivity contribution in [1.82, 2.24) is 0 Å². The maximum Gasteiger partial charge on any atom is 0.0666 e. The lowest BCUT2D eigenvalue weighted by Crippen LogP contribution is -2.45. The second kappa shape index (κ2) is 1.82. The molecule has 3 aliphatic rings. The third-order valence-electron chi connectivity index (χ3n) is 2.76. The first kappa shape index (κ1) is 5.91. The van der Waals surface area contributed by atoms with Crippen LogP contribution in [0.2, 0.25) is 0 Å². The van der Waals surface area contributed by atoms with Crippen molar-refractivity contribution in [3.63, 3.8) is 0 Å². The van der Waals surface area contributed by atoms with Crippen LogP contribution in [0.25, 0.3) is 0 Å². The van der Waals surface area contributed by atoms with Crippen LogP contribution in [0.1, 0.15) is 13.3 Å². The smallest absolute Gasteiger partial charge is 0.0666 e. The van der Waals surface area contributed by atoms with Gasteiger partial charge in [-0.05, 0) is 19.3 Å². The van der Waals surface area contributed by atoms with Gasteiger partial charge in [-0.3, -0.25) is 4.99 Å². The van der Waals surface area contributed by atoms with Gasteiger partial charge < -0.3 is 0 Å². The highest BCUT2D eigenvalue weighted by molar-refractivity contribution is 5.87. The zero-order valence-electron chi connectivity index (χ0n) is 6.04. The molecule has 0 aromatic carbocycles. The van der Waals surface area contributed by atoms with Crippen LogP contribution in [0.5, 0.6) is 0 Å². The predicted molar refractivity (Wildman–Crippen MR) is 38.7 cm³/mol. The lowest BCUT2D eigenvalue weighted by Gasteiger charge is -2.43. The molecule has 0 aromatic heterocycles. The van der Waals surface area contributed by atoms with Crippen molar-refractivity contribution in [1.29, 1.82) is 5.26 Å². The molecule has 0 amide bonds. The minimum atomic E-state index is 0.303. The lowest BCUT2D eigenvalue weighted by molar-refractivity contribution is 0.169. The Morgan fingerprint density at radius 3 is 2.90 bits per heavy atom. The Kier molecular flexibility index (Phi) is 1.08. The number of fused-ring (bicyclic) bond motifs is 1. The van der Waals surface area contributed by atoms with Crippen LogP contribution in [0.4, 0.5) is 0 Å². The third-order valence-corrected chi connectivity index (χ3v) is 2.76. The summed E-state index contributed by atoms with van der Waals surface area (Å²) in [6, 6.07) is 2.35. The van der Waals surface area contributed by atoms with E-state index >= 15 is 0 Å². The van der Waals surface area contributed by atoms with E-state index in [1.165, 1.54) is 12.1 Å². The summed E-state index contributed by atoms with van der Waals surface area (Å²) in [6.07, 6.45) is 1.22. The standard InChI is InChI=1S/C8H10N2/c1-5-7-2-6(4-10-5)8(7)3-9/h6-8H,2,4H2,1H3/t6?,7-,8?/m0/s1.